The van der Waals surface area contributed by atoms with E-state index in [4.69, 9.17) is 12.2 Å². The second-order valence-electron chi connectivity index (χ2n) is 6.91. The number of nitrogens with one attached hydrogen (secondary N) is 2. The molecule has 0 radical (unpaired) electrons. The second kappa shape index (κ2) is 8.30. The Bertz CT molecular complexity index is 1050. The van der Waals surface area contributed by atoms with Gasteiger partial charge >= 0.3 is 0 Å². The Labute approximate surface area is 162 Å². The van der Waals surface area contributed by atoms with Gasteiger partial charge in [-0.3, -0.25) is 14.2 Å². The van der Waals surface area contributed by atoms with Gasteiger partial charge in [-0.1, -0.05) is 13.8 Å². The highest BCUT2D eigenvalue weighted by atomic mass is 32.1. The van der Waals surface area contributed by atoms with Crippen molar-refractivity contribution >= 4 is 29.0 Å². The van der Waals surface area contributed by atoms with E-state index in [1.807, 2.05) is 24.6 Å². The highest BCUT2D eigenvalue weighted by molar-refractivity contribution is 7.71. The van der Waals surface area contributed by atoms with Crippen molar-refractivity contribution in [2.45, 2.75) is 33.4 Å². The van der Waals surface area contributed by atoms with Gasteiger partial charge in [0, 0.05) is 37.6 Å². The van der Waals surface area contributed by atoms with Gasteiger partial charge in [-0.15, -0.1) is 0 Å². The molecule has 0 saturated carbocycles. The molecular weight excluding hydrogens is 362 g/mol. The van der Waals surface area contributed by atoms with Gasteiger partial charge in [-0.2, -0.15) is 0 Å². The minimum atomic E-state index is -0.173. The lowest BCUT2D eigenvalue weighted by Crippen LogP contribution is -2.26. The van der Waals surface area contributed by atoms with Crippen LogP contribution in [0.3, 0.4) is 0 Å². The van der Waals surface area contributed by atoms with E-state index in [0.29, 0.717) is 40.2 Å². The van der Waals surface area contributed by atoms with Crippen molar-refractivity contribution in [1.29, 1.82) is 0 Å². The summed E-state index contributed by atoms with van der Waals surface area (Å²) >= 11 is 5.32. The van der Waals surface area contributed by atoms with E-state index < -0.39 is 0 Å². The smallest absolute Gasteiger partial charge is 0.262 e. The summed E-state index contributed by atoms with van der Waals surface area (Å²) in [5, 5.41) is 3.43. The summed E-state index contributed by atoms with van der Waals surface area (Å²) < 4.78 is 3.90. The molecule has 2 aromatic heterocycles. The number of aromatic nitrogens is 4. The van der Waals surface area contributed by atoms with Gasteiger partial charge < -0.3 is 14.9 Å². The molecule has 27 heavy (non-hydrogen) atoms. The number of aromatic amines is 1. The topological polar surface area (TPSA) is 84.7 Å². The summed E-state index contributed by atoms with van der Waals surface area (Å²) in [5.41, 5.74) is 0.947. The van der Waals surface area contributed by atoms with Crippen molar-refractivity contribution in [3.63, 3.8) is 0 Å². The van der Waals surface area contributed by atoms with Crippen LogP contribution in [-0.2, 0) is 13.1 Å². The lowest BCUT2D eigenvalue weighted by molar-refractivity contribution is 0.0953. The Balaban J connectivity index is 1.73. The van der Waals surface area contributed by atoms with E-state index in [1.54, 1.807) is 35.3 Å². The van der Waals surface area contributed by atoms with E-state index in [1.165, 1.54) is 0 Å². The molecule has 142 valence electrons. The van der Waals surface area contributed by atoms with Gasteiger partial charge in [0.2, 0.25) is 0 Å². The molecule has 0 aliphatic carbocycles. The molecule has 1 aromatic carbocycles. The number of aryl methyl sites for hydroxylation is 1. The normalized spacial score (nSPS) is 11.2. The summed E-state index contributed by atoms with van der Waals surface area (Å²) in [6.07, 6.45) is 6.17. The molecule has 0 saturated heterocycles. The standard InChI is InChI=1S/C19H23N5O2S/c1-13(2)11-24-18(26)15-5-4-14(10-16(15)22-19(24)27)17(25)21-6-3-8-23-9-7-20-12-23/h4-5,7,9-10,12-13H,3,6,8,11H2,1-2H3,(H,21,25)(H,22,27). The van der Waals surface area contributed by atoms with Crippen LogP contribution in [0.1, 0.15) is 30.6 Å². The van der Waals surface area contributed by atoms with Crippen LogP contribution in [-0.4, -0.2) is 31.6 Å². The highest BCUT2D eigenvalue weighted by Crippen LogP contribution is 2.11. The van der Waals surface area contributed by atoms with Crippen molar-refractivity contribution < 1.29 is 4.79 Å². The Morgan fingerprint density at radius 2 is 2.19 bits per heavy atom. The number of hydrogen-bond donors (Lipinski definition) is 2. The number of benzene rings is 1. The first-order chi connectivity index (χ1) is 13.0. The maximum Gasteiger partial charge on any atom is 0.262 e. The molecule has 0 aliphatic heterocycles. The van der Waals surface area contributed by atoms with Gasteiger partial charge in [0.05, 0.1) is 17.2 Å². The van der Waals surface area contributed by atoms with Crippen LogP contribution in [0.2, 0.25) is 0 Å². The summed E-state index contributed by atoms with van der Waals surface area (Å²) in [7, 11) is 0. The van der Waals surface area contributed by atoms with Gasteiger partial charge in [-0.05, 0) is 42.8 Å². The lowest BCUT2D eigenvalue weighted by atomic mass is 10.1. The Kier molecular flexibility index (Phi) is 5.85. The number of hydrogen-bond acceptors (Lipinski definition) is 4. The molecule has 0 spiro atoms. The predicted octanol–water partition coefficient (Wildman–Crippen LogP) is 2.73. The number of imidazole rings is 1. The van der Waals surface area contributed by atoms with Gasteiger partial charge in [-0.25, -0.2) is 4.98 Å². The number of rotatable bonds is 7. The number of carbonyl (C=O) groups excluding carboxylic acids is 1. The zero-order valence-electron chi connectivity index (χ0n) is 15.4. The third-order valence-corrected chi connectivity index (χ3v) is 4.55. The average molecular weight is 385 g/mol. The predicted molar refractivity (Wildman–Crippen MR) is 107 cm³/mol. The zero-order valence-corrected chi connectivity index (χ0v) is 16.3. The molecule has 0 bridgehead atoms. The van der Waals surface area contributed by atoms with Crippen molar-refractivity contribution in [2.24, 2.45) is 5.92 Å². The number of carbonyl (C=O) groups is 1. The lowest BCUT2D eigenvalue weighted by Gasteiger charge is -2.11. The van der Waals surface area contributed by atoms with Crippen LogP contribution in [0.25, 0.3) is 10.9 Å². The Morgan fingerprint density at radius 1 is 1.37 bits per heavy atom. The van der Waals surface area contributed by atoms with Crippen LogP contribution < -0.4 is 10.9 Å². The maximum atomic E-state index is 12.7. The summed E-state index contributed by atoms with van der Waals surface area (Å²) in [5.74, 6) is 0.135. The number of nitrogens with zero attached hydrogens (tertiary/aromatic N) is 3. The van der Waals surface area contributed by atoms with Crippen molar-refractivity contribution in [3.05, 3.63) is 57.6 Å². The molecule has 0 unspecified atom stereocenters. The van der Waals surface area contributed by atoms with E-state index >= 15 is 0 Å². The fraction of sp³-hybridized carbons (Fsp3) is 0.368. The van der Waals surface area contributed by atoms with Gasteiger partial charge in [0.15, 0.2) is 4.77 Å². The van der Waals surface area contributed by atoms with Crippen molar-refractivity contribution in [3.8, 4) is 0 Å². The molecule has 0 fully saturated rings. The molecule has 3 rings (SSSR count). The molecule has 8 heteroatoms. The quantitative estimate of drug-likeness (QED) is 0.484. The molecule has 2 N–H and O–H groups in total. The number of fused-ring (bicyclic) bond motifs is 1. The molecule has 7 nitrogen and oxygen atoms in total. The fourth-order valence-corrected chi connectivity index (χ4v) is 3.18. The Morgan fingerprint density at radius 3 is 2.89 bits per heavy atom. The average Bonchev–Trinajstić information content (AvgIpc) is 3.15. The third-order valence-electron chi connectivity index (χ3n) is 4.23. The van der Waals surface area contributed by atoms with E-state index in [0.717, 1.165) is 13.0 Å². The van der Waals surface area contributed by atoms with Crippen LogP contribution in [0.15, 0.2) is 41.7 Å². The minimum absolute atomic E-state index is 0.130. The fourth-order valence-electron chi connectivity index (χ4n) is 2.91. The summed E-state index contributed by atoms with van der Waals surface area (Å²) in [4.78, 5) is 32.1. The van der Waals surface area contributed by atoms with Gasteiger partial charge in [0.1, 0.15) is 0 Å². The summed E-state index contributed by atoms with van der Waals surface area (Å²) in [6.45, 7) is 5.97. The van der Waals surface area contributed by atoms with E-state index in [9.17, 15) is 9.59 Å². The molecular formula is C19H23N5O2S. The Hall–Kier alpha value is -2.74. The SMILES string of the molecule is CC(C)Cn1c(=S)[nH]c2cc(C(=O)NCCCn3ccnc3)ccc2c1=O. The highest BCUT2D eigenvalue weighted by Gasteiger charge is 2.11. The monoisotopic (exact) mass is 385 g/mol. The van der Waals surface area contributed by atoms with Crippen molar-refractivity contribution in [1.82, 2.24) is 24.4 Å². The first-order valence-electron chi connectivity index (χ1n) is 8.96. The molecule has 2 heterocycles. The number of amides is 1. The molecule has 1 amide bonds. The molecule has 0 atom stereocenters. The number of H-pyrrole nitrogens is 1. The minimum Gasteiger partial charge on any atom is -0.352 e. The third kappa shape index (κ3) is 4.51. The molecule has 3 aromatic rings. The van der Waals surface area contributed by atoms with E-state index in [-0.39, 0.29) is 11.5 Å². The second-order valence-corrected chi connectivity index (χ2v) is 7.30. The molecule has 0 aliphatic rings. The first-order valence-corrected chi connectivity index (χ1v) is 9.37. The largest absolute Gasteiger partial charge is 0.352 e. The van der Waals surface area contributed by atoms with E-state index in [2.05, 4.69) is 15.3 Å². The van der Waals surface area contributed by atoms with Crippen molar-refractivity contribution in [2.75, 3.05) is 6.54 Å². The maximum absolute atomic E-state index is 12.7. The van der Waals surface area contributed by atoms with Gasteiger partial charge in [0.25, 0.3) is 11.5 Å². The van der Waals surface area contributed by atoms with Crippen LogP contribution >= 0.6 is 12.2 Å². The summed E-state index contributed by atoms with van der Waals surface area (Å²) in [6, 6.07) is 5.03. The van der Waals surface area contributed by atoms with Crippen LogP contribution in [0.4, 0.5) is 0 Å². The van der Waals surface area contributed by atoms with Crippen LogP contribution in [0.5, 0.6) is 0 Å². The first kappa shape index (κ1) is 19.0. The zero-order chi connectivity index (χ0) is 19.4. The van der Waals surface area contributed by atoms with Crippen LogP contribution in [0, 0.1) is 10.7 Å².